The van der Waals surface area contributed by atoms with Gasteiger partial charge >= 0.3 is 6.18 Å². The van der Waals surface area contributed by atoms with Gasteiger partial charge in [0.15, 0.2) is 0 Å². The van der Waals surface area contributed by atoms with Crippen LogP contribution in [0.3, 0.4) is 0 Å². The summed E-state index contributed by atoms with van der Waals surface area (Å²) in [6.45, 7) is 3.06. The average molecular weight is 223 g/mol. The summed E-state index contributed by atoms with van der Waals surface area (Å²) < 4.78 is 35.5. The molecule has 0 atom stereocenters. The molecule has 0 radical (unpaired) electrons. The fourth-order valence-electron chi connectivity index (χ4n) is 2.07. The first-order valence-corrected chi connectivity index (χ1v) is 5.75. The highest BCUT2D eigenvalue weighted by Gasteiger charge is 2.26. The standard InChI is InChI=1S/C11H20F3N/c1-9-2-4-10(5-3-9)8-15-7-6-11(12,13)14/h9-10,15H,2-8H2,1H3. The molecular weight excluding hydrogens is 203 g/mol. The maximum atomic E-state index is 11.8. The van der Waals surface area contributed by atoms with Gasteiger partial charge in [0.25, 0.3) is 0 Å². The van der Waals surface area contributed by atoms with Crippen molar-refractivity contribution in [3.8, 4) is 0 Å². The van der Waals surface area contributed by atoms with E-state index < -0.39 is 12.6 Å². The molecule has 4 heteroatoms. The number of halogens is 3. The minimum absolute atomic E-state index is 0.0650. The molecule has 1 fully saturated rings. The first-order valence-electron chi connectivity index (χ1n) is 5.75. The Morgan fingerprint density at radius 1 is 1.13 bits per heavy atom. The van der Waals surface area contributed by atoms with E-state index in [1.54, 1.807) is 0 Å². The third-order valence-electron chi connectivity index (χ3n) is 3.15. The third-order valence-corrected chi connectivity index (χ3v) is 3.15. The van der Waals surface area contributed by atoms with Crippen LogP contribution in [0.4, 0.5) is 13.2 Å². The number of nitrogens with one attached hydrogen (secondary N) is 1. The number of hydrogen-bond acceptors (Lipinski definition) is 1. The Morgan fingerprint density at radius 3 is 2.27 bits per heavy atom. The Balaban J connectivity index is 2.01. The largest absolute Gasteiger partial charge is 0.390 e. The summed E-state index contributed by atoms with van der Waals surface area (Å²) in [5.41, 5.74) is 0. The molecule has 0 unspecified atom stereocenters. The van der Waals surface area contributed by atoms with E-state index >= 15 is 0 Å². The molecule has 1 saturated carbocycles. The SMILES string of the molecule is CC1CCC(CNCCC(F)(F)F)CC1. The van der Waals surface area contributed by atoms with Crippen molar-refractivity contribution in [1.82, 2.24) is 5.32 Å². The Hall–Kier alpha value is -0.250. The van der Waals surface area contributed by atoms with E-state index in [0.717, 1.165) is 12.5 Å². The number of alkyl halides is 3. The maximum absolute atomic E-state index is 11.8. The Kier molecular flexibility index (Phi) is 4.90. The molecule has 0 amide bonds. The van der Waals surface area contributed by atoms with Crippen molar-refractivity contribution in [2.45, 2.75) is 45.2 Å². The predicted octanol–water partition coefficient (Wildman–Crippen LogP) is 3.35. The van der Waals surface area contributed by atoms with Gasteiger partial charge in [-0.3, -0.25) is 0 Å². The van der Waals surface area contributed by atoms with Gasteiger partial charge in [0.1, 0.15) is 0 Å². The summed E-state index contributed by atoms with van der Waals surface area (Å²) in [5, 5.41) is 2.91. The quantitative estimate of drug-likeness (QED) is 0.721. The molecule has 0 aromatic carbocycles. The van der Waals surface area contributed by atoms with E-state index in [2.05, 4.69) is 12.2 Å². The highest BCUT2D eigenvalue weighted by molar-refractivity contribution is 4.71. The Morgan fingerprint density at radius 2 is 1.73 bits per heavy atom. The van der Waals surface area contributed by atoms with E-state index in [1.807, 2.05) is 0 Å². The summed E-state index contributed by atoms with van der Waals surface area (Å²) in [6.07, 6.45) is 0.0573. The van der Waals surface area contributed by atoms with Crippen molar-refractivity contribution in [2.75, 3.05) is 13.1 Å². The predicted molar refractivity (Wildman–Crippen MR) is 54.7 cm³/mol. The fourth-order valence-corrected chi connectivity index (χ4v) is 2.07. The van der Waals surface area contributed by atoms with Gasteiger partial charge in [-0.05, 0) is 31.2 Å². The first-order chi connectivity index (χ1) is 6.97. The van der Waals surface area contributed by atoms with Crippen LogP contribution in [0.2, 0.25) is 0 Å². The second kappa shape index (κ2) is 5.73. The van der Waals surface area contributed by atoms with Gasteiger partial charge in [0, 0.05) is 6.54 Å². The average Bonchev–Trinajstić information content (AvgIpc) is 2.14. The molecule has 1 rings (SSSR count). The molecule has 1 N–H and O–H groups in total. The highest BCUT2D eigenvalue weighted by atomic mass is 19.4. The van der Waals surface area contributed by atoms with E-state index in [-0.39, 0.29) is 6.54 Å². The van der Waals surface area contributed by atoms with Gasteiger partial charge in [-0.25, -0.2) is 0 Å². The topological polar surface area (TPSA) is 12.0 Å². The van der Waals surface area contributed by atoms with E-state index in [9.17, 15) is 13.2 Å². The van der Waals surface area contributed by atoms with Crippen molar-refractivity contribution >= 4 is 0 Å². The zero-order chi connectivity index (χ0) is 11.3. The van der Waals surface area contributed by atoms with Gasteiger partial charge in [-0.15, -0.1) is 0 Å². The fraction of sp³-hybridized carbons (Fsp3) is 1.00. The molecular formula is C11H20F3N. The van der Waals surface area contributed by atoms with E-state index in [1.165, 1.54) is 25.7 Å². The van der Waals surface area contributed by atoms with Crippen LogP contribution in [-0.4, -0.2) is 19.3 Å². The molecule has 0 aromatic heterocycles. The minimum Gasteiger partial charge on any atom is -0.316 e. The van der Waals surface area contributed by atoms with Gasteiger partial charge in [0.2, 0.25) is 0 Å². The summed E-state index contributed by atoms with van der Waals surface area (Å²) in [5.74, 6) is 1.39. The molecule has 0 aliphatic heterocycles. The third kappa shape index (κ3) is 6.03. The number of hydrogen-bond donors (Lipinski definition) is 1. The van der Waals surface area contributed by atoms with Crippen LogP contribution in [0.25, 0.3) is 0 Å². The second-order valence-electron chi connectivity index (χ2n) is 4.70. The lowest BCUT2D eigenvalue weighted by molar-refractivity contribution is -0.133. The zero-order valence-electron chi connectivity index (χ0n) is 9.24. The zero-order valence-corrected chi connectivity index (χ0v) is 9.24. The summed E-state index contributed by atoms with van der Waals surface area (Å²) in [4.78, 5) is 0. The van der Waals surface area contributed by atoms with Crippen molar-refractivity contribution in [2.24, 2.45) is 11.8 Å². The molecule has 15 heavy (non-hydrogen) atoms. The number of rotatable bonds is 4. The van der Waals surface area contributed by atoms with Gasteiger partial charge < -0.3 is 5.32 Å². The molecule has 0 heterocycles. The monoisotopic (exact) mass is 223 g/mol. The van der Waals surface area contributed by atoms with Crippen molar-refractivity contribution in [3.05, 3.63) is 0 Å². The maximum Gasteiger partial charge on any atom is 0.390 e. The molecule has 0 saturated heterocycles. The van der Waals surface area contributed by atoms with E-state index in [4.69, 9.17) is 0 Å². The highest BCUT2D eigenvalue weighted by Crippen LogP contribution is 2.27. The Labute approximate surface area is 89.4 Å². The minimum atomic E-state index is -4.02. The molecule has 1 aliphatic carbocycles. The van der Waals surface area contributed by atoms with Crippen LogP contribution in [0, 0.1) is 11.8 Å². The van der Waals surface area contributed by atoms with Crippen LogP contribution in [0.15, 0.2) is 0 Å². The van der Waals surface area contributed by atoms with Crippen molar-refractivity contribution < 1.29 is 13.2 Å². The molecule has 90 valence electrons. The smallest absolute Gasteiger partial charge is 0.316 e. The van der Waals surface area contributed by atoms with Gasteiger partial charge in [-0.1, -0.05) is 19.8 Å². The van der Waals surface area contributed by atoms with Crippen LogP contribution in [0.1, 0.15) is 39.0 Å². The van der Waals surface area contributed by atoms with Crippen LogP contribution in [-0.2, 0) is 0 Å². The molecule has 1 aliphatic rings. The lowest BCUT2D eigenvalue weighted by Gasteiger charge is -2.26. The lowest BCUT2D eigenvalue weighted by Crippen LogP contribution is -2.29. The van der Waals surface area contributed by atoms with Crippen molar-refractivity contribution in [1.29, 1.82) is 0 Å². The summed E-state index contributed by atoms with van der Waals surface area (Å²) in [6, 6.07) is 0. The van der Waals surface area contributed by atoms with Crippen LogP contribution >= 0.6 is 0 Å². The van der Waals surface area contributed by atoms with Crippen molar-refractivity contribution in [3.63, 3.8) is 0 Å². The summed E-state index contributed by atoms with van der Waals surface area (Å²) >= 11 is 0. The normalized spacial score (nSPS) is 28.0. The molecule has 0 spiro atoms. The molecule has 0 aromatic rings. The second-order valence-corrected chi connectivity index (χ2v) is 4.70. The van der Waals surface area contributed by atoms with Gasteiger partial charge in [-0.2, -0.15) is 13.2 Å². The van der Waals surface area contributed by atoms with E-state index in [0.29, 0.717) is 5.92 Å². The lowest BCUT2D eigenvalue weighted by atomic mass is 9.83. The Bertz CT molecular complexity index is 171. The molecule has 1 nitrogen and oxygen atoms in total. The molecule has 0 bridgehead atoms. The van der Waals surface area contributed by atoms with Gasteiger partial charge in [0.05, 0.1) is 6.42 Å². The summed E-state index contributed by atoms with van der Waals surface area (Å²) in [7, 11) is 0. The van der Waals surface area contributed by atoms with Crippen LogP contribution in [0.5, 0.6) is 0 Å². The van der Waals surface area contributed by atoms with Crippen LogP contribution < -0.4 is 5.32 Å². The first kappa shape index (κ1) is 12.8.